The van der Waals surface area contributed by atoms with Gasteiger partial charge >= 0.3 is 5.97 Å². The van der Waals surface area contributed by atoms with Crippen LogP contribution in [0.3, 0.4) is 0 Å². The van der Waals surface area contributed by atoms with Gasteiger partial charge in [0.25, 0.3) is 5.91 Å². The number of rotatable bonds is 10. The number of amides is 2. The van der Waals surface area contributed by atoms with Crippen molar-refractivity contribution in [2.24, 2.45) is 0 Å². The molecule has 2 aromatic rings. The topological polar surface area (TPSA) is 93.7 Å². The van der Waals surface area contributed by atoms with Crippen LogP contribution in [0.5, 0.6) is 5.75 Å². The Labute approximate surface area is 176 Å². The zero-order valence-corrected chi connectivity index (χ0v) is 17.6. The largest absolute Gasteiger partial charge is 0.494 e. The lowest BCUT2D eigenvalue weighted by Gasteiger charge is -2.10. The van der Waals surface area contributed by atoms with Crippen LogP contribution in [0.1, 0.15) is 37.3 Å². The number of aryl methyl sites for hydroxylation is 1. The van der Waals surface area contributed by atoms with Gasteiger partial charge < -0.3 is 20.1 Å². The van der Waals surface area contributed by atoms with Gasteiger partial charge in [-0.2, -0.15) is 0 Å². The minimum Gasteiger partial charge on any atom is -0.494 e. The molecule has 0 unspecified atom stereocenters. The van der Waals surface area contributed by atoms with Crippen LogP contribution >= 0.6 is 0 Å². The number of ether oxygens (including phenoxy) is 2. The molecule has 2 rings (SSSR count). The summed E-state index contributed by atoms with van der Waals surface area (Å²) in [7, 11) is 0. The highest BCUT2D eigenvalue weighted by atomic mass is 16.5. The Balaban J connectivity index is 1.65. The highest BCUT2D eigenvalue weighted by molar-refractivity contribution is 5.93. The van der Waals surface area contributed by atoms with E-state index >= 15 is 0 Å². The van der Waals surface area contributed by atoms with Crippen molar-refractivity contribution in [3.8, 4) is 5.75 Å². The summed E-state index contributed by atoms with van der Waals surface area (Å²) in [5.41, 5.74) is 3.39. The van der Waals surface area contributed by atoms with Crippen LogP contribution in [0.2, 0.25) is 0 Å². The average molecular weight is 412 g/mol. The van der Waals surface area contributed by atoms with Gasteiger partial charge in [-0.1, -0.05) is 12.1 Å². The van der Waals surface area contributed by atoms with Crippen LogP contribution in [0.4, 0.5) is 11.4 Å². The van der Waals surface area contributed by atoms with E-state index in [1.54, 1.807) is 30.3 Å². The van der Waals surface area contributed by atoms with Crippen LogP contribution < -0.4 is 15.4 Å². The minimum absolute atomic E-state index is 0.0629. The quantitative estimate of drug-likeness (QED) is 0.576. The fraction of sp³-hybridized carbons (Fsp3) is 0.348. The normalized spacial score (nSPS) is 10.2. The van der Waals surface area contributed by atoms with E-state index in [-0.39, 0.29) is 25.4 Å². The number of benzene rings is 2. The van der Waals surface area contributed by atoms with Gasteiger partial charge in [0.2, 0.25) is 5.91 Å². The molecular formula is C23H28N2O5. The van der Waals surface area contributed by atoms with Crippen LogP contribution in [0.15, 0.2) is 42.5 Å². The minimum atomic E-state index is -0.514. The monoisotopic (exact) mass is 412 g/mol. The average Bonchev–Trinajstić information content (AvgIpc) is 2.71. The van der Waals surface area contributed by atoms with E-state index < -0.39 is 11.9 Å². The van der Waals surface area contributed by atoms with Gasteiger partial charge in [0, 0.05) is 24.2 Å². The van der Waals surface area contributed by atoms with Crippen LogP contribution in [-0.4, -0.2) is 31.0 Å². The van der Waals surface area contributed by atoms with E-state index in [0.29, 0.717) is 24.4 Å². The summed E-state index contributed by atoms with van der Waals surface area (Å²) in [6, 6.07) is 12.7. The van der Waals surface area contributed by atoms with E-state index in [0.717, 1.165) is 16.9 Å². The van der Waals surface area contributed by atoms with E-state index in [2.05, 4.69) is 10.6 Å². The first kappa shape index (κ1) is 22.9. The van der Waals surface area contributed by atoms with Crippen molar-refractivity contribution >= 4 is 29.2 Å². The maximum Gasteiger partial charge on any atom is 0.306 e. The number of carbonyl (C=O) groups is 3. The Kier molecular flexibility index (Phi) is 8.87. The molecule has 2 aromatic carbocycles. The zero-order valence-electron chi connectivity index (χ0n) is 17.6. The molecule has 0 aliphatic carbocycles. The maximum atomic E-state index is 12.0. The van der Waals surface area contributed by atoms with Gasteiger partial charge in [-0.05, 0) is 68.7 Å². The number of nitrogens with one attached hydrogen (secondary N) is 2. The second-order valence-corrected chi connectivity index (χ2v) is 6.82. The van der Waals surface area contributed by atoms with Crippen LogP contribution in [-0.2, 0) is 19.1 Å². The maximum absolute atomic E-state index is 12.0. The Bertz CT molecular complexity index is 878. The number of hydrogen-bond donors (Lipinski definition) is 2. The molecule has 0 fully saturated rings. The lowest BCUT2D eigenvalue weighted by Crippen LogP contribution is -2.21. The van der Waals surface area contributed by atoms with Gasteiger partial charge in [-0.15, -0.1) is 0 Å². The summed E-state index contributed by atoms with van der Waals surface area (Å²) in [5, 5.41) is 5.49. The van der Waals surface area contributed by atoms with E-state index in [1.165, 1.54) is 0 Å². The summed E-state index contributed by atoms with van der Waals surface area (Å²) in [6.45, 7) is 5.99. The summed E-state index contributed by atoms with van der Waals surface area (Å²) in [5.74, 6) is -0.371. The molecule has 0 saturated carbocycles. The Morgan fingerprint density at radius 3 is 2.33 bits per heavy atom. The molecule has 30 heavy (non-hydrogen) atoms. The molecular weight excluding hydrogens is 384 g/mol. The molecule has 0 atom stereocenters. The van der Waals surface area contributed by atoms with Gasteiger partial charge in [-0.25, -0.2) is 0 Å². The Morgan fingerprint density at radius 2 is 1.63 bits per heavy atom. The lowest BCUT2D eigenvalue weighted by molar-refractivity contribution is -0.147. The van der Waals surface area contributed by atoms with Crippen molar-refractivity contribution in [2.75, 3.05) is 23.8 Å². The molecule has 2 amide bonds. The molecule has 7 heteroatoms. The number of hydrogen-bond acceptors (Lipinski definition) is 5. The highest BCUT2D eigenvalue weighted by Crippen LogP contribution is 2.18. The predicted octanol–water partition coefficient (Wildman–Crippen LogP) is 3.99. The molecule has 0 radical (unpaired) electrons. The third-order valence-corrected chi connectivity index (χ3v) is 4.48. The number of carbonyl (C=O) groups excluding carboxylic acids is 3. The molecule has 0 saturated heterocycles. The molecule has 0 aliphatic rings. The third-order valence-electron chi connectivity index (χ3n) is 4.48. The molecule has 7 nitrogen and oxygen atoms in total. The van der Waals surface area contributed by atoms with Crippen molar-refractivity contribution in [1.29, 1.82) is 0 Å². The van der Waals surface area contributed by atoms with Crippen molar-refractivity contribution < 1.29 is 23.9 Å². The summed E-state index contributed by atoms with van der Waals surface area (Å²) >= 11 is 0. The SMILES string of the molecule is CCOc1ccc(NC(=O)CCCC(=O)OCC(=O)Nc2cccc(C)c2C)cc1. The third kappa shape index (κ3) is 7.58. The zero-order chi connectivity index (χ0) is 21.9. The van der Waals surface area contributed by atoms with E-state index in [1.807, 2.05) is 32.9 Å². The van der Waals surface area contributed by atoms with Crippen LogP contribution in [0, 0.1) is 13.8 Å². The first-order valence-corrected chi connectivity index (χ1v) is 9.93. The lowest BCUT2D eigenvalue weighted by atomic mass is 10.1. The van der Waals surface area contributed by atoms with Crippen molar-refractivity contribution in [3.05, 3.63) is 53.6 Å². The molecule has 0 aliphatic heterocycles. The van der Waals surface area contributed by atoms with Gasteiger partial charge in [-0.3, -0.25) is 14.4 Å². The standard InChI is InChI=1S/C23H28N2O5/c1-4-29-19-13-11-18(12-14-19)24-21(26)9-6-10-23(28)30-15-22(27)25-20-8-5-7-16(2)17(20)3/h5,7-8,11-14H,4,6,9-10,15H2,1-3H3,(H,24,26)(H,25,27). The summed E-state index contributed by atoms with van der Waals surface area (Å²) < 4.78 is 10.3. The van der Waals surface area contributed by atoms with Crippen molar-refractivity contribution in [2.45, 2.75) is 40.0 Å². The number of anilines is 2. The smallest absolute Gasteiger partial charge is 0.306 e. The van der Waals surface area contributed by atoms with Gasteiger partial charge in [0.15, 0.2) is 6.61 Å². The fourth-order valence-electron chi connectivity index (χ4n) is 2.71. The molecule has 0 spiro atoms. The van der Waals surface area contributed by atoms with Crippen molar-refractivity contribution in [3.63, 3.8) is 0 Å². The van der Waals surface area contributed by atoms with Crippen molar-refractivity contribution in [1.82, 2.24) is 0 Å². The van der Waals surface area contributed by atoms with Gasteiger partial charge in [0.05, 0.1) is 6.61 Å². The molecule has 2 N–H and O–H groups in total. The molecule has 0 heterocycles. The second-order valence-electron chi connectivity index (χ2n) is 6.82. The fourth-order valence-corrected chi connectivity index (χ4v) is 2.71. The number of esters is 1. The van der Waals surface area contributed by atoms with Gasteiger partial charge in [0.1, 0.15) is 5.75 Å². The second kappa shape index (κ2) is 11.6. The molecule has 0 aromatic heterocycles. The first-order chi connectivity index (χ1) is 14.4. The summed E-state index contributed by atoms with van der Waals surface area (Å²) in [4.78, 5) is 35.8. The molecule has 160 valence electrons. The van der Waals surface area contributed by atoms with E-state index in [9.17, 15) is 14.4 Å². The summed E-state index contributed by atoms with van der Waals surface area (Å²) in [6.07, 6.45) is 0.574. The Hall–Kier alpha value is -3.35. The highest BCUT2D eigenvalue weighted by Gasteiger charge is 2.11. The van der Waals surface area contributed by atoms with Crippen LogP contribution in [0.25, 0.3) is 0 Å². The molecule has 0 bridgehead atoms. The van der Waals surface area contributed by atoms with E-state index in [4.69, 9.17) is 9.47 Å². The first-order valence-electron chi connectivity index (χ1n) is 9.93. The Morgan fingerprint density at radius 1 is 0.900 bits per heavy atom. The predicted molar refractivity (Wildman–Crippen MR) is 116 cm³/mol.